The van der Waals surface area contributed by atoms with Gasteiger partial charge in [-0.05, 0) is 37.3 Å². The van der Waals surface area contributed by atoms with Crippen LogP contribution in [0.4, 0.5) is 27.5 Å². The van der Waals surface area contributed by atoms with E-state index in [1.54, 1.807) is 18.6 Å². The first-order valence-electron chi connectivity index (χ1n) is 11.4. The fourth-order valence-corrected chi connectivity index (χ4v) is 3.66. The molecular formula is C25H24FN9O. The Morgan fingerprint density at radius 1 is 1.00 bits per heavy atom. The smallest absolute Gasteiger partial charge is 0.245 e. The molecule has 5 rings (SSSR count). The second-order valence-electron chi connectivity index (χ2n) is 8.00. The number of aromatic nitrogens is 5. The van der Waals surface area contributed by atoms with Crippen LogP contribution in [0.25, 0.3) is 11.3 Å². The molecule has 0 saturated carbocycles. The van der Waals surface area contributed by atoms with E-state index in [0.29, 0.717) is 32.0 Å². The third-order valence-electron chi connectivity index (χ3n) is 5.41. The van der Waals surface area contributed by atoms with Crippen molar-refractivity contribution < 1.29 is 9.13 Å². The van der Waals surface area contributed by atoms with Gasteiger partial charge >= 0.3 is 0 Å². The fourth-order valence-electron chi connectivity index (χ4n) is 3.66. The highest BCUT2D eigenvalue weighted by atomic mass is 19.1. The summed E-state index contributed by atoms with van der Waals surface area (Å²) in [6, 6.07) is 13.6. The molecule has 3 aromatic heterocycles. The molecule has 1 aromatic carbocycles. The first kappa shape index (κ1) is 23.2. The minimum atomic E-state index is -0.478. The topological polar surface area (TPSA) is 113 Å². The van der Waals surface area contributed by atoms with Crippen molar-refractivity contribution in [2.75, 3.05) is 41.9 Å². The van der Waals surface area contributed by atoms with E-state index in [0.717, 1.165) is 34.7 Å². The summed E-state index contributed by atoms with van der Waals surface area (Å²) in [5, 5.41) is 7.48. The second-order valence-corrected chi connectivity index (χ2v) is 8.00. The normalized spacial score (nSPS) is 13.7. The molecule has 0 aliphatic carbocycles. The summed E-state index contributed by atoms with van der Waals surface area (Å²) in [5.74, 6) is 0.684. The zero-order chi connectivity index (χ0) is 24.7. The highest BCUT2D eigenvalue weighted by Gasteiger charge is 2.17. The maximum Gasteiger partial charge on any atom is 0.245 e. The summed E-state index contributed by atoms with van der Waals surface area (Å²) >= 11 is 0. The molecule has 1 aliphatic heterocycles. The number of halogens is 1. The van der Waals surface area contributed by atoms with Crippen LogP contribution in [-0.4, -0.2) is 57.4 Å². The van der Waals surface area contributed by atoms with Crippen molar-refractivity contribution in [2.45, 2.75) is 6.92 Å². The van der Waals surface area contributed by atoms with Crippen LogP contribution in [-0.2, 0) is 4.74 Å². The predicted octanol–water partition coefficient (Wildman–Crippen LogP) is 3.80. The van der Waals surface area contributed by atoms with E-state index in [4.69, 9.17) is 4.74 Å². The number of aryl methyl sites for hydroxylation is 1. The number of nitrogens with zero attached hydrogens (tertiary/aromatic N) is 7. The second kappa shape index (κ2) is 10.8. The minimum Gasteiger partial charge on any atom is -0.378 e. The summed E-state index contributed by atoms with van der Waals surface area (Å²) in [6.07, 6.45) is 6.15. The number of anilines is 4. The van der Waals surface area contributed by atoms with Gasteiger partial charge in [-0.25, -0.2) is 24.8 Å². The standard InChI is InChI=1S/C25H24FN9O/c1-17-27-8-7-23(31-17)18-3-2-4-19(13-18)32-21-6-5-20(28-14-21)15-30-34-25-29-16-22(26)24(33-25)35-9-11-36-12-10-35/h2-8,13-16,32H,9-12H2,1H3,(H,29,33,34)/b30-15+. The Labute approximate surface area is 207 Å². The molecule has 11 heteroatoms. The van der Waals surface area contributed by atoms with Crippen LogP contribution < -0.4 is 15.6 Å². The number of ether oxygens (including phenoxy) is 1. The molecule has 10 nitrogen and oxygen atoms in total. The zero-order valence-corrected chi connectivity index (χ0v) is 19.6. The van der Waals surface area contributed by atoms with Crippen LogP contribution >= 0.6 is 0 Å². The molecular weight excluding hydrogens is 461 g/mol. The Morgan fingerprint density at radius 2 is 1.89 bits per heavy atom. The number of rotatable bonds is 7. The van der Waals surface area contributed by atoms with Crippen LogP contribution in [0.5, 0.6) is 0 Å². The molecule has 4 heterocycles. The molecule has 182 valence electrons. The third-order valence-corrected chi connectivity index (χ3v) is 5.41. The fraction of sp³-hybridized carbons (Fsp3) is 0.200. The van der Waals surface area contributed by atoms with Gasteiger partial charge in [-0.1, -0.05) is 12.1 Å². The lowest BCUT2D eigenvalue weighted by Crippen LogP contribution is -2.37. The maximum absolute atomic E-state index is 14.2. The van der Waals surface area contributed by atoms with Crippen LogP contribution in [0.15, 0.2) is 66.2 Å². The summed E-state index contributed by atoms with van der Waals surface area (Å²) in [4.78, 5) is 23.1. The van der Waals surface area contributed by atoms with E-state index in [2.05, 4.69) is 40.8 Å². The number of hydrogen-bond acceptors (Lipinski definition) is 10. The number of benzene rings is 1. The van der Waals surface area contributed by atoms with E-state index < -0.39 is 5.82 Å². The first-order valence-corrected chi connectivity index (χ1v) is 11.4. The number of pyridine rings is 1. The molecule has 0 spiro atoms. The van der Waals surface area contributed by atoms with E-state index >= 15 is 0 Å². The molecule has 2 N–H and O–H groups in total. The molecule has 0 atom stereocenters. The van der Waals surface area contributed by atoms with Gasteiger partial charge in [0, 0.05) is 30.5 Å². The minimum absolute atomic E-state index is 0.200. The lowest BCUT2D eigenvalue weighted by atomic mass is 10.1. The molecule has 0 unspecified atom stereocenters. The predicted molar refractivity (Wildman–Crippen MR) is 136 cm³/mol. The van der Waals surface area contributed by atoms with Crippen molar-refractivity contribution in [3.8, 4) is 11.3 Å². The van der Waals surface area contributed by atoms with Crippen LogP contribution in [0, 0.1) is 12.7 Å². The molecule has 0 bridgehead atoms. The lowest BCUT2D eigenvalue weighted by molar-refractivity contribution is 0.122. The number of hydrazone groups is 1. The molecule has 0 amide bonds. The largest absolute Gasteiger partial charge is 0.378 e. The summed E-state index contributed by atoms with van der Waals surface area (Å²) in [6.45, 7) is 4.09. The van der Waals surface area contributed by atoms with Crippen LogP contribution in [0.1, 0.15) is 11.5 Å². The summed E-state index contributed by atoms with van der Waals surface area (Å²) in [7, 11) is 0. The Hall–Kier alpha value is -4.51. The molecule has 36 heavy (non-hydrogen) atoms. The van der Waals surface area contributed by atoms with Crippen molar-refractivity contribution in [3.63, 3.8) is 0 Å². The first-order chi connectivity index (χ1) is 17.6. The lowest BCUT2D eigenvalue weighted by Gasteiger charge is -2.27. The van der Waals surface area contributed by atoms with Gasteiger partial charge in [0.25, 0.3) is 0 Å². The molecule has 4 aromatic rings. The van der Waals surface area contributed by atoms with Crippen LogP contribution in [0.3, 0.4) is 0 Å². The monoisotopic (exact) mass is 485 g/mol. The molecule has 1 saturated heterocycles. The highest BCUT2D eigenvalue weighted by Crippen LogP contribution is 2.23. The SMILES string of the molecule is Cc1nccc(-c2cccc(Nc3ccc(/C=N/Nc4ncc(F)c(N5CCOCC5)n4)nc3)c2)n1. The molecule has 1 aliphatic rings. The van der Waals surface area contributed by atoms with E-state index in [1.807, 2.05) is 54.3 Å². The van der Waals surface area contributed by atoms with Gasteiger partial charge in [0.2, 0.25) is 5.95 Å². The van der Waals surface area contributed by atoms with Gasteiger partial charge in [-0.15, -0.1) is 0 Å². The van der Waals surface area contributed by atoms with Gasteiger partial charge in [-0.3, -0.25) is 4.98 Å². The van der Waals surface area contributed by atoms with Gasteiger partial charge < -0.3 is 15.0 Å². The summed E-state index contributed by atoms with van der Waals surface area (Å²) in [5.41, 5.74) is 6.97. The zero-order valence-electron chi connectivity index (χ0n) is 19.6. The molecule has 0 radical (unpaired) electrons. The average molecular weight is 486 g/mol. The van der Waals surface area contributed by atoms with Crippen molar-refractivity contribution >= 4 is 29.4 Å². The number of morpholine rings is 1. The number of hydrogen-bond donors (Lipinski definition) is 2. The van der Waals surface area contributed by atoms with Gasteiger partial charge in [0.05, 0.1) is 48.9 Å². The quantitative estimate of drug-likeness (QED) is 0.298. The van der Waals surface area contributed by atoms with Crippen molar-refractivity contribution in [1.29, 1.82) is 0 Å². The summed E-state index contributed by atoms with van der Waals surface area (Å²) < 4.78 is 19.5. The van der Waals surface area contributed by atoms with Crippen molar-refractivity contribution in [2.24, 2.45) is 5.10 Å². The third kappa shape index (κ3) is 5.76. The Morgan fingerprint density at radius 3 is 2.69 bits per heavy atom. The molecule has 1 fully saturated rings. The van der Waals surface area contributed by atoms with Crippen LogP contribution in [0.2, 0.25) is 0 Å². The van der Waals surface area contributed by atoms with E-state index in [9.17, 15) is 4.39 Å². The van der Waals surface area contributed by atoms with Gasteiger partial charge in [-0.2, -0.15) is 10.1 Å². The van der Waals surface area contributed by atoms with E-state index in [-0.39, 0.29) is 11.8 Å². The Kier molecular flexibility index (Phi) is 6.99. The van der Waals surface area contributed by atoms with Gasteiger partial charge in [0.15, 0.2) is 11.6 Å². The van der Waals surface area contributed by atoms with E-state index in [1.165, 1.54) is 0 Å². The highest BCUT2D eigenvalue weighted by molar-refractivity contribution is 5.78. The average Bonchev–Trinajstić information content (AvgIpc) is 2.91. The Balaban J connectivity index is 1.21. The van der Waals surface area contributed by atoms with Crippen molar-refractivity contribution in [3.05, 3.63) is 78.4 Å². The number of nitrogens with one attached hydrogen (secondary N) is 2. The van der Waals surface area contributed by atoms with Crippen molar-refractivity contribution in [1.82, 2.24) is 24.9 Å². The van der Waals surface area contributed by atoms with Gasteiger partial charge in [0.1, 0.15) is 5.82 Å². The maximum atomic E-state index is 14.2. The Bertz CT molecular complexity index is 1360.